The Morgan fingerprint density at radius 2 is 2.14 bits per heavy atom. The fraction of sp³-hybridized carbons (Fsp3) is 0.471. The molecule has 3 rings (SSSR count). The van der Waals surface area contributed by atoms with Gasteiger partial charge in [0, 0.05) is 18.3 Å². The van der Waals surface area contributed by atoms with Crippen LogP contribution in [0.25, 0.3) is 0 Å². The van der Waals surface area contributed by atoms with Crippen molar-refractivity contribution in [2.24, 2.45) is 0 Å². The summed E-state index contributed by atoms with van der Waals surface area (Å²) in [7, 11) is 1.72. The third-order valence-corrected chi connectivity index (χ3v) is 4.20. The van der Waals surface area contributed by atoms with E-state index in [-0.39, 0.29) is 0 Å². The summed E-state index contributed by atoms with van der Waals surface area (Å²) in [6, 6.07) is 9.37. The molecule has 0 spiro atoms. The number of nitrogens with one attached hydrogen (secondary N) is 1. The van der Waals surface area contributed by atoms with Gasteiger partial charge in [0.15, 0.2) is 0 Å². The van der Waals surface area contributed by atoms with Gasteiger partial charge in [-0.15, -0.1) is 0 Å². The van der Waals surface area contributed by atoms with E-state index in [0.29, 0.717) is 18.0 Å². The monoisotopic (exact) mass is 285 g/mol. The van der Waals surface area contributed by atoms with Crippen LogP contribution in [0.4, 0.5) is 5.69 Å². The molecule has 0 saturated heterocycles. The standard InChI is InChI=1S/C17H23N3O/c1-12(2)20-11-16(10-18-20)19-15-7-14(8-15)13-5-4-6-17(9-13)21-3/h4-6,9-12,14-15,19H,7-8H2,1-3H3. The van der Waals surface area contributed by atoms with Gasteiger partial charge in [-0.2, -0.15) is 5.10 Å². The molecule has 1 N–H and O–H groups in total. The lowest BCUT2D eigenvalue weighted by Crippen LogP contribution is -2.33. The lowest BCUT2D eigenvalue weighted by atomic mass is 9.76. The Hall–Kier alpha value is -1.97. The van der Waals surface area contributed by atoms with Crippen molar-refractivity contribution in [3.05, 3.63) is 42.2 Å². The molecule has 1 aliphatic rings. The molecule has 2 aromatic rings. The second-order valence-electron chi connectivity index (χ2n) is 6.09. The van der Waals surface area contributed by atoms with E-state index in [1.165, 1.54) is 18.4 Å². The number of nitrogens with zero attached hydrogens (tertiary/aromatic N) is 2. The van der Waals surface area contributed by atoms with E-state index >= 15 is 0 Å². The molecule has 0 bridgehead atoms. The average molecular weight is 285 g/mol. The molecular weight excluding hydrogens is 262 g/mol. The molecule has 4 heteroatoms. The minimum absolute atomic E-state index is 0.409. The molecule has 0 aliphatic heterocycles. The molecule has 112 valence electrons. The lowest BCUT2D eigenvalue weighted by molar-refractivity contribution is 0.370. The highest BCUT2D eigenvalue weighted by Gasteiger charge is 2.30. The molecule has 0 unspecified atom stereocenters. The zero-order chi connectivity index (χ0) is 14.8. The predicted octanol–water partition coefficient (Wildman–Crippen LogP) is 3.83. The minimum atomic E-state index is 0.409. The minimum Gasteiger partial charge on any atom is -0.497 e. The average Bonchev–Trinajstić information content (AvgIpc) is 2.91. The normalized spacial score (nSPS) is 21.1. The molecule has 0 radical (unpaired) electrons. The van der Waals surface area contributed by atoms with Gasteiger partial charge in [0.2, 0.25) is 0 Å². The maximum absolute atomic E-state index is 5.29. The highest BCUT2D eigenvalue weighted by Crippen LogP contribution is 2.39. The van der Waals surface area contributed by atoms with Crippen LogP contribution in [0.5, 0.6) is 5.75 Å². The Bertz CT molecular complexity index is 600. The highest BCUT2D eigenvalue weighted by atomic mass is 16.5. The lowest BCUT2D eigenvalue weighted by Gasteiger charge is -2.36. The van der Waals surface area contributed by atoms with Crippen LogP contribution in [0.2, 0.25) is 0 Å². The summed E-state index contributed by atoms with van der Waals surface area (Å²) in [6.07, 6.45) is 6.34. The maximum atomic E-state index is 5.29. The predicted molar refractivity (Wildman–Crippen MR) is 85.0 cm³/mol. The fourth-order valence-corrected chi connectivity index (χ4v) is 2.83. The number of benzene rings is 1. The molecule has 21 heavy (non-hydrogen) atoms. The van der Waals surface area contributed by atoms with Crippen molar-refractivity contribution in [1.82, 2.24) is 9.78 Å². The summed E-state index contributed by atoms with van der Waals surface area (Å²) < 4.78 is 7.28. The number of hydrogen-bond acceptors (Lipinski definition) is 3. The Morgan fingerprint density at radius 1 is 1.33 bits per heavy atom. The molecule has 1 aromatic carbocycles. The topological polar surface area (TPSA) is 39.1 Å². The number of anilines is 1. The van der Waals surface area contributed by atoms with E-state index in [4.69, 9.17) is 4.74 Å². The molecule has 0 amide bonds. The van der Waals surface area contributed by atoms with Crippen LogP contribution in [0.1, 0.15) is 44.2 Å². The molecule has 4 nitrogen and oxygen atoms in total. The van der Waals surface area contributed by atoms with Crippen molar-refractivity contribution >= 4 is 5.69 Å². The van der Waals surface area contributed by atoms with Crippen molar-refractivity contribution in [2.75, 3.05) is 12.4 Å². The van der Waals surface area contributed by atoms with Gasteiger partial charge >= 0.3 is 0 Å². The van der Waals surface area contributed by atoms with E-state index in [2.05, 4.69) is 48.7 Å². The first kappa shape index (κ1) is 14.0. The van der Waals surface area contributed by atoms with E-state index in [1.807, 2.05) is 16.9 Å². The van der Waals surface area contributed by atoms with Crippen LogP contribution in [0.15, 0.2) is 36.7 Å². The third kappa shape index (κ3) is 3.04. The summed E-state index contributed by atoms with van der Waals surface area (Å²) >= 11 is 0. The van der Waals surface area contributed by atoms with Crippen LogP contribution < -0.4 is 10.1 Å². The van der Waals surface area contributed by atoms with Crippen LogP contribution >= 0.6 is 0 Å². The summed E-state index contributed by atoms with van der Waals surface area (Å²) in [4.78, 5) is 0. The van der Waals surface area contributed by atoms with E-state index in [0.717, 1.165) is 11.4 Å². The summed E-state index contributed by atoms with van der Waals surface area (Å²) in [6.45, 7) is 4.28. The van der Waals surface area contributed by atoms with Crippen molar-refractivity contribution in [1.29, 1.82) is 0 Å². The van der Waals surface area contributed by atoms with Crippen LogP contribution in [-0.2, 0) is 0 Å². The summed E-state index contributed by atoms with van der Waals surface area (Å²) in [5, 5.41) is 7.93. The van der Waals surface area contributed by atoms with Gasteiger partial charge in [-0.25, -0.2) is 0 Å². The van der Waals surface area contributed by atoms with Crippen LogP contribution in [-0.4, -0.2) is 22.9 Å². The van der Waals surface area contributed by atoms with E-state index < -0.39 is 0 Å². The number of ether oxygens (including phenoxy) is 1. The quantitative estimate of drug-likeness (QED) is 0.907. The zero-order valence-corrected chi connectivity index (χ0v) is 12.9. The highest BCUT2D eigenvalue weighted by molar-refractivity contribution is 5.41. The summed E-state index contributed by atoms with van der Waals surface area (Å²) in [5.41, 5.74) is 2.50. The number of hydrogen-bond donors (Lipinski definition) is 1. The van der Waals surface area contributed by atoms with Crippen molar-refractivity contribution in [2.45, 2.75) is 44.7 Å². The molecule has 1 heterocycles. The van der Waals surface area contributed by atoms with Gasteiger partial charge in [0.05, 0.1) is 19.0 Å². The van der Waals surface area contributed by atoms with Crippen molar-refractivity contribution in [3.8, 4) is 5.75 Å². The first-order valence-electron chi connectivity index (χ1n) is 7.60. The van der Waals surface area contributed by atoms with Crippen molar-refractivity contribution in [3.63, 3.8) is 0 Å². The van der Waals surface area contributed by atoms with Gasteiger partial charge in [-0.1, -0.05) is 12.1 Å². The van der Waals surface area contributed by atoms with Crippen LogP contribution in [0, 0.1) is 0 Å². The molecule has 1 fully saturated rings. The summed E-state index contributed by atoms with van der Waals surface area (Å²) in [5.74, 6) is 1.58. The van der Waals surface area contributed by atoms with E-state index in [1.54, 1.807) is 7.11 Å². The van der Waals surface area contributed by atoms with Gasteiger partial charge in [-0.3, -0.25) is 4.68 Å². The molecular formula is C17H23N3O. The number of rotatable bonds is 5. The zero-order valence-electron chi connectivity index (χ0n) is 12.9. The SMILES string of the molecule is COc1cccc(C2CC(Nc3cnn(C(C)C)c3)C2)c1. The molecule has 1 aromatic heterocycles. The van der Waals surface area contributed by atoms with Gasteiger partial charge in [-0.05, 0) is 50.3 Å². The second kappa shape index (κ2) is 5.80. The Balaban J connectivity index is 1.55. The Labute approximate surface area is 126 Å². The van der Waals surface area contributed by atoms with E-state index in [9.17, 15) is 0 Å². The molecule has 1 aliphatic carbocycles. The fourth-order valence-electron chi connectivity index (χ4n) is 2.83. The Kier molecular flexibility index (Phi) is 3.86. The van der Waals surface area contributed by atoms with Gasteiger partial charge in [0.25, 0.3) is 0 Å². The first-order chi connectivity index (χ1) is 10.2. The first-order valence-corrected chi connectivity index (χ1v) is 7.60. The van der Waals surface area contributed by atoms with Crippen molar-refractivity contribution < 1.29 is 4.74 Å². The largest absolute Gasteiger partial charge is 0.497 e. The maximum Gasteiger partial charge on any atom is 0.119 e. The van der Waals surface area contributed by atoms with Gasteiger partial charge in [0.1, 0.15) is 5.75 Å². The Morgan fingerprint density at radius 3 is 2.81 bits per heavy atom. The third-order valence-electron chi connectivity index (χ3n) is 4.20. The number of aromatic nitrogens is 2. The smallest absolute Gasteiger partial charge is 0.119 e. The van der Waals surface area contributed by atoms with Crippen LogP contribution in [0.3, 0.4) is 0 Å². The number of methoxy groups -OCH3 is 1. The second-order valence-corrected chi connectivity index (χ2v) is 6.09. The molecule has 1 saturated carbocycles. The van der Waals surface area contributed by atoms with Gasteiger partial charge < -0.3 is 10.1 Å². The molecule has 0 atom stereocenters.